The maximum atomic E-state index is 5.78. The van der Waals surface area contributed by atoms with Crippen LogP contribution >= 0.6 is 0 Å². The summed E-state index contributed by atoms with van der Waals surface area (Å²) < 4.78 is 0. The third kappa shape index (κ3) is 3.20. The zero-order chi connectivity index (χ0) is 12.4. The zero-order valence-corrected chi connectivity index (χ0v) is 11.0. The number of nitrogen functional groups attached to an aromatic ring is 1. The summed E-state index contributed by atoms with van der Waals surface area (Å²) in [6.07, 6.45) is 0. The molecule has 0 radical (unpaired) electrons. The van der Waals surface area contributed by atoms with Gasteiger partial charge in [0.25, 0.3) is 0 Å². The zero-order valence-electron chi connectivity index (χ0n) is 11.0. The number of hydrogen-bond acceptors (Lipinski definition) is 3. The molecule has 17 heavy (non-hydrogen) atoms. The molecule has 1 heterocycles. The molecule has 1 saturated heterocycles. The largest absolute Gasteiger partial charge is 0.399 e. The fourth-order valence-corrected chi connectivity index (χ4v) is 2.71. The van der Waals surface area contributed by atoms with Crippen LogP contribution in [-0.4, -0.2) is 30.1 Å². The molecule has 1 fully saturated rings. The van der Waals surface area contributed by atoms with Crippen molar-refractivity contribution in [2.45, 2.75) is 39.4 Å². The first kappa shape index (κ1) is 12.4. The molecule has 1 aliphatic rings. The predicted molar refractivity (Wildman–Crippen MR) is 72.9 cm³/mol. The Balaban J connectivity index is 2.04. The predicted octanol–water partition coefficient (Wildman–Crippen LogP) is 1.76. The number of aryl methyl sites for hydroxylation is 1. The average molecular weight is 233 g/mol. The van der Waals surface area contributed by atoms with Crippen molar-refractivity contribution >= 4 is 5.69 Å². The lowest BCUT2D eigenvalue weighted by Crippen LogP contribution is -2.53. The van der Waals surface area contributed by atoms with Gasteiger partial charge in [-0.05, 0) is 44.0 Å². The third-order valence-electron chi connectivity index (χ3n) is 3.39. The fourth-order valence-electron chi connectivity index (χ4n) is 2.71. The van der Waals surface area contributed by atoms with Crippen LogP contribution in [0.5, 0.6) is 0 Å². The normalized spacial score (nSPS) is 26.1. The summed E-state index contributed by atoms with van der Waals surface area (Å²) in [6.45, 7) is 9.91. The van der Waals surface area contributed by atoms with Gasteiger partial charge in [-0.3, -0.25) is 4.90 Å². The Morgan fingerprint density at radius 3 is 2.53 bits per heavy atom. The minimum Gasteiger partial charge on any atom is -0.399 e. The topological polar surface area (TPSA) is 41.3 Å². The van der Waals surface area contributed by atoms with Crippen molar-refractivity contribution < 1.29 is 0 Å². The highest BCUT2D eigenvalue weighted by Crippen LogP contribution is 2.16. The van der Waals surface area contributed by atoms with E-state index in [9.17, 15) is 0 Å². The highest BCUT2D eigenvalue weighted by Gasteiger charge is 2.20. The van der Waals surface area contributed by atoms with E-state index in [0.717, 1.165) is 25.3 Å². The number of anilines is 1. The van der Waals surface area contributed by atoms with Gasteiger partial charge in [-0.1, -0.05) is 6.07 Å². The van der Waals surface area contributed by atoms with Gasteiger partial charge in [0.05, 0.1) is 0 Å². The van der Waals surface area contributed by atoms with Gasteiger partial charge in [-0.25, -0.2) is 0 Å². The lowest BCUT2D eigenvalue weighted by molar-refractivity contribution is 0.166. The molecule has 0 spiro atoms. The Labute approximate surface area is 104 Å². The smallest absolute Gasteiger partial charge is 0.0316 e. The molecule has 0 aromatic heterocycles. The van der Waals surface area contributed by atoms with Crippen molar-refractivity contribution in [2.75, 3.05) is 18.8 Å². The number of piperazine rings is 1. The van der Waals surface area contributed by atoms with Crippen LogP contribution in [0.15, 0.2) is 18.2 Å². The second kappa shape index (κ2) is 5.07. The van der Waals surface area contributed by atoms with Gasteiger partial charge in [0.15, 0.2) is 0 Å². The number of nitrogens with zero attached hydrogens (tertiary/aromatic N) is 1. The van der Waals surface area contributed by atoms with Crippen molar-refractivity contribution in [1.29, 1.82) is 0 Å². The first-order chi connectivity index (χ1) is 8.04. The summed E-state index contributed by atoms with van der Waals surface area (Å²) in [5.41, 5.74) is 9.32. The van der Waals surface area contributed by atoms with Crippen molar-refractivity contribution in [1.82, 2.24) is 10.2 Å². The SMILES string of the molecule is Cc1cc(N)ccc1CN1CC(C)NC(C)C1. The number of nitrogens with one attached hydrogen (secondary N) is 1. The Bertz CT molecular complexity index is 379. The molecular weight excluding hydrogens is 210 g/mol. The molecule has 2 rings (SSSR count). The first-order valence-electron chi connectivity index (χ1n) is 6.38. The summed E-state index contributed by atoms with van der Waals surface area (Å²) in [5, 5.41) is 3.56. The first-order valence-corrected chi connectivity index (χ1v) is 6.38. The number of rotatable bonds is 2. The maximum Gasteiger partial charge on any atom is 0.0316 e. The van der Waals surface area contributed by atoms with Crippen LogP contribution in [0.3, 0.4) is 0 Å². The summed E-state index contributed by atoms with van der Waals surface area (Å²) in [4.78, 5) is 2.52. The fraction of sp³-hybridized carbons (Fsp3) is 0.571. The van der Waals surface area contributed by atoms with E-state index in [0.29, 0.717) is 12.1 Å². The van der Waals surface area contributed by atoms with Gasteiger partial charge in [0.2, 0.25) is 0 Å². The van der Waals surface area contributed by atoms with Gasteiger partial charge in [-0.15, -0.1) is 0 Å². The quantitative estimate of drug-likeness (QED) is 0.765. The van der Waals surface area contributed by atoms with Gasteiger partial charge >= 0.3 is 0 Å². The van der Waals surface area contributed by atoms with Crippen LogP contribution in [-0.2, 0) is 6.54 Å². The lowest BCUT2D eigenvalue weighted by Gasteiger charge is -2.36. The van der Waals surface area contributed by atoms with E-state index in [1.54, 1.807) is 0 Å². The molecule has 2 atom stereocenters. The summed E-state index contributed by atoms with van der Waals surface area (Å²) in [6, 6.07) is 7.37. The Hall–Kier alpha value is -1.06. The van der Waals surface area contributed by atoms with Gasteiger partial charge < -0.3 is 11.1 Å². The van der Waals surface area contributed by atoms with E-state index >= 15 is 0 Å². The molecular formula is C14H23N3. The molecule has 1 aliphatic heterocycles. The molecule has 1 aromatic carbocycles. The van der Waals surface area contributed by atoms with Crippen LogP contribution in [0.2, 0.25) is 0 Å². The molecule has 3 N–H and O–H groups in total. The minimum atomic E-state index is 0.577. The summed E-state index contributed by atoms with van der Waals surface area (Å²) in [5.74, 6) is 0. The number of benzene rings is 1. The monoisotopic (exact) mass is 233 g/mol. The van der Waals surface area contributed by atoms with Crippen molar-refractivity contribution in [3.8, 4) is 0 Å². The van der Waals surface area contributed by atoms with Crippen molar-refractivity contribution in [2.24, 2.45) is 0 Å². The minimum absolute atomic E-state index is 0.577. The standard InChI is InChI=1S/C14H23N3/c1-10-6-14(15)5-4-13(10)9-17-7-11(2)16-12(3)8-17/h4-6,11-12,16H,7-9,15H2,1-3H3. The molecule has 1 aromatic rings. The number of nitrogens with two attached hydrogens (primary N) is 1. The van der Waals surface area contributed by atoms with Gasteiger partial charge in [0, 0.05) is 37.4 Å². The van der Waals surface area contributed by atoms with E-state index in [4.69, 9.17) is 5.73 Å². The van der Waals surface area contributed by atoms with Crippen LogP contribution in [0.1, 0.15) is 25.0 Å². The molecule has 0 saturated carbocycles. The molecule has 0 amide bonds. The second-order valence-corrected chi connectivity index (χ2v) is 5.35. The molecule has 94 valence electrons. The molecule has 3 heteroatoms. The Morgan fingerprint density at radius 2 is 1.94 bits per heavy atom. The van der Waals surface area contributed by atoms with E-state index < -0.39 is 0 Å². The van der Waals surface area contributed by atoms with E-state index in [2.05, 4.69) is 43.1 Å². The molecule has 3 nitrogen and oxygen atoms in total. The van der Waals surface area contributed by atoms with E-state index in [-0.39, 0.29) is 0 Å². The average Bonchev–Trinajstić information content (AvgIpc) is 2.21. The number of hydrogen-bond donors (Lipinski definition) is 2. The third-order valence-corrected chi connectivity index (χ3v) is 3.39. The highest BCUT2D eigenvalue weighted by atomic mass is 15.2. The summed E-state index contributed by atoms with van der Waals surface area (Å²) >= 11 is 0. The lowest BCUT2D eigenvalue weighted by atomic mass is 10.1. The van der Waals surface area contributed by atoms with Crippen molar-refractivity contribution in [3.63, 3.8) is 0 Å². The second-order valence-electron chi connectivity index (χ2n) is 5.35. The van der Waals surface area contributed by atoms with Crippen LogP contribution in [0.25, 0.3) is 0 Å². The van der Waals surface area contributed by atoms with Crippen LogP contribution in [0, 0.1) is 6.92 Å². The molecule has 2 unspecified atom stereocenters. The van der Waals surface area contributed by atoms with E-state index in [1.165, 1.54) is 11.1 Å². The van der Waals surface area contributed by atoms with Crippen molar-refractivity contribution in [3.05, 3.63) is 29.3 Å². The molecule has 0 bridgehead atoms. The molecule has 0 aliphatic carbocycles. The Morgan fingerprint density at radius 1 is 1.29 bits per heavy atom. The van der Waals surface area contributed by atoms with Gasteiger partial charge in [0.1, 0.15) is 0 Å². The van der Waals surface area contributed by atoms with E-state index in [1.807, 2.05) is 6.07 Å². The van der Waals surface area contributed by atoms with Crippen LogP contribution in [0.4, 0.5) is 5.69 Å². The van der Waals surface area contributed by atoms with Crippen LogP contribution < -0.4 is 11.1 Å². The maximum absolute atomic E-state index is 5.78. The highest BCUT2D eigenvalue weighted by molar-refractivity contribution is 5.44. The summed E-state index contributed by atoms with van der Waals surface area (Å²) in [7, 11) is 0. The van der Waals surface area contributed by atoms with Gasteiger partial charge in [-0.2, -0.15) is 0 Å². The Kier molecular flexibility index (Phi) is 3.69.